The third kappa shape index (κ3) is 3.16. The van der Waals surface area contributed by atoms with E-state index in [0.717, 1.165) is 31.9 Å². The van der Waals surface area contributed by atoms with Gasteiger partial charge in [0.2, 0.25) is 11.9 Å². The molecule has 6 nitrogen and oxygen atoms in total. The summed E-state index contributed by atoms with van der Waals surface area (Å²) in [7, 11) is 0. The number of nitrogens with two attached hydrogens (primary N) is 1. The molecule has 0 unspecified atom stereocenters. The van der Waals surface area contributed by atoms with Crippen LogP contribution in [0.5, 0.6) is 0 Å². The predicted octanol–water partition coefficient (Wildman–Crippen LogP) is -0.0912. The molecule has 0 radical (unpaired) electrons. The number of nitrogens with one attached hydrogen (secondary N) is 1. The molecule has 1 aliphatic rings. The zero-order valence-corrected chi connectivity index (χ0v) is 10.5. The Bertz CT molecular complexity index is 387. The molecule has 98 valence electrons. The summed E-state index contributed by atoms with van der Waals surface area (Å²) in [5.41, 5.74) is 5.53. The zero-order chi connectivity index (χ0) is 13.0. The molecule has 1 aromatic heterocycles. The minimum absolute atomic E-state index is 0.0792. The number of rotatable bonds is 3. The van der Waals surface area contributed by atoms with Crippen molar-refractivity contribution in [3.05, 3.63) is 18.5 Å². The van der Waals surface area contributed by atoms with Crippen molar-refractivity contribution in [3.63, 3.8) is 0 Å². The van der Waals surface area contributed by atoms with Gasteiger partial charge in [0.25, 0.3) is 0 Å². The highest BCUT2D eigenvalue weighted by Crippen LogP contribution is 2.15. The van der Waals surface area contributed by atoms with Gasteiger partial charge in [-0.2, -0.15) is 0 Å². The van der Waals surface area contributed by atoms with Crippen LogP contribution in [-0.4, -0.2) is 41.0 Å². The van der Waals surface area contributed by atoms with E-state index in [1.54, 1.807) is 25.4 Å². The molecule has 1 fully saturated rings. The lowest BCUT2D eigenvalue weighted by atomic mass is 10.0. The van der Waals surface area contributed by atoms with Crippen molar-refractivity contribution in [2.45, 2.75) is 31.8 Å². The van der Waals surface area contributed by atoms with Gasteiger partial charge in [0.05, 0.1) is 6.04 Å². The molecule has 2 rings (SSSR count). The largest absolute Gasteiger partial charge is 0.352 e. The smallest absolute Gasteiger partial charge is 0.236 e. The number of nitrogens with zero attached hydrogens (tertiary/aromatic N) is 3. The number of amides is 1. The summed E-state index contributed by atoms with van der Waals surface area (Å²) in [5.74, 6) is 0.680. The fourth-order valence-electron chi connectivity index (χ4n) is 2.01. The lowest BCUT2D eigenvalue weighted by Gasteiger charge is -2.32. The number of carbonyl (C=O) groups is 1. The van der Waals surface area contributed by atoms with E-state index in [4.69, 9.17) is 5.73 Å². The number of piperidine rings is 1. The van der Waals surface area contributed by atoms with Crippen LogP contribution in [0.25, 0.3) is 0 Å². The molecule has 18 heavy (non-hydrogen) atoms. The summed E-state index contributed by atoms with van der Waals surface area (Å²) in [6, 6.07) is 1.57. The number of carbonyl (C=O) groups excluding carboxylic acids is 1. The molecular formula is C12H19N5O. The van der Waals surface area contributed by atoms with Gasteiger partial charge in [0, 0.05) is 31.5 Å². The molecule has 1 amide bonds. The minimum atomic E-state index is -0.444. The number of hydrogen-bond donors (Lipinski definition) is 2. The molecule has 3 N–H and O–H groups in total. The second-order valence-electron chi connectivity index (χ2n) is 4.61. The molecule has 1 aliphatic heterocycles. The average molecular weight is 249 g/mol. The van der Waals surface area contributed by atoms with Crippen molar-refractivity contribution in [1.29, 1.82) is 0 Å². The van der Waals surface area contributed by atoms with Crippen molar-refractivity contribution in [3.8, 4) is 0 Å². The van der Waals surface area contributed by atoms with E-state index in [-0.39, 0.29) is 11.9 Å². The molecule has 0 saturated carbocycles. The van der Waals surface area contributed by atoms with Gasteiger partial charge in [-0.25, -0.2) is 9.97 Å². The maximum atomic E-state index is 11.5. The van der Waals surface area contributed by atoms with E-state index in [0.29, 0.717) is 0 Å². The van der Waals surface area contributed by atoms with E-state index in [2.05, 4.69) is 20.2 Å². The van der Waals surface area contributed by atoms with Gasteiger partial charge >= 0.3 is 0 Å². The lowest BCUT2D eigenvalue weighted by molar-refractivity contribution is -0.122. The van der Waals surface area contributed by atoms with Crippen LogP contribution < -0.4 is 16.0 Å². The molecule has 1 atom stereocenters. The van der Waals surface area contributed by atoms with Gasteiger partial charge in [-0.1, -0.05) is 0 Å². The molecular weight excluding hydrogens is 230 g/mol. The summed E-state index contributed by atoms with van der Waals surface area (Å²) in [4.78, 5) is 22.1. The van der Waals surface area contributed by atoms with Crippen molar-refractivity contribution in [2.75, 3.05) is 18.0 Å². The first kappa shape index (κ1) is 12.8. The zero-order valence-electron chi connectivity index (χ0n) is 10.5. The Morgan fingerprint density at radius 2 is 2.06 bits per heavy atom. The van der Waals surface area contributed by atoms with E-state index in [1.165, 1.54) is 0 Å². The molecule has 1 saturated heterocycles. The molecule has 0 bridgehead atoms. The lowest BCUT2D eigenvalue weighted by Crippen LogP contribution is -2.49. The Kier molecular flexibility index (Phi) is 4.09. The Morgan fingerprint density at radius 3 is 2.61 bits per heavy atom. The Balaban J connectivity index is 1.83. The van der Waals surface area contributed by atoms with Gasteiger partial charge in [-0.05, 0) is 25.8 Å². The third-order valence-corrected chi connectivity index (χ3v) is 3.09. The second kappa shape index (κ2) is 5.77. The highest BCUT2D eigenvalue weighted by Gasteiger charge is 2.22. The first-order valence-corrected chi connectivity index (χ1v) is 6.24. The van der Waals surface area contributed by atoms with Gasteiger partial charge in [-0.3, -0.25) is 4.79 Å². The Labute approximate surface area is 107 Å². The monoisotopic (exact) mass is 249 g/mol. The van der Waals surface area contributed by atoms with Gasteiger partial charge in [-0.15, -0.1) is 0 Å². The number of hydrogen-bond acceptors (Lipinski definition) is 5. The van der Waals surface area contributed by atoms with Crippen LogP contribution in [0, 0.1) is 0 Å². The van der Waals surface area contributed by atoms with Crippen LogP contribution >= 0.6 is 0 Å². The number of anilines is 1. The number of aromatic nitrogens is 2. The van der Waals surface area contributed by atoms with Crippen LogP contribution in [0.15, 0.2) is 18.5 Å². The van der Waals surface area contributed by atoms with E-state index >= 15 is 0 Å². The second-order valence-corrected chi connectivity index (χ2v) is 4.61. The molecule has 2 heterocycles. The summed E-state index contributed by atoms with van der Waals surface area (Å²) in [5, 5.41) is 2.96. The van der Waals surface area contributed by atoms with Crippen molar-refractivity contribution in [1.82, 2.24) is 15.3 Å². The normalized spacial score (nSPS) is 18.4. The topological polar surface area (TPSA) is 84.1 Å². The maximum absolute atomic E-state index is 11.5. The van der Waals surface area contributed by atoms with Gasteiger partial charge in [0.15, 0.2) is 0 Å². The predicted molar refractivity (Wildman–Crippen MR) is 69.1 cm³/mol. The van der Waals surface area contributed by atoms with Crippen molar-refractivity contribution < 1.29 is 4.79 Å². The van der Waals surface area contributed by atoms with Crippen LogP contribution in [-0.2, 0) is 4.79 Å². The van der Waals surface area contributed by atoms with E-state index in [1.807, 2.05) is 0 Å². The maximum Gasteiger partial charge on any atom is 0.236 e. The summed E-state index contributed by atoms with van der Waals surface area (Å²) < 4.78 is 0. The highest BCUT2D eigenvalue weighted by atomic mass is 16.2. The fourth-order valence-corrected chi connectivity index (χ4v) is 2.01. The molecule has 0 aromatic carbocycles. The fraction of sp³-hybridized carbons (Fsp3) is 0.583. The standard InChI is InChI=1S/C12H19N5O/c1-9(13)11(18)16-10-3-7-17(8-4-10)12-14-5-2-6-15-12/h2,5-6,9-10H,3-4,7-8,13H2,1H3,(H,16,18)/t9-/m0/s1. The minimum Gasteiger partial charge on any atom is -0.352 e. The SMILES string of the molecule is C[C@H](N)C(=O)NC1CCN(c2ncccn2)CC1. The van der Waals surface area contributed by atoms with Crippen LogP contribution in [0.3, 0.4) is 0 Å². The summed E-state index contributed by atoms with van der Waals surface area (Å²) >= 11 is 0. The van der Waals surface area contributed by atoms with Crippen LogP contribution in [0.4, 0.5) is 5.95 Å². The Hall–Kier alpha value is -1.69. The molecule has 0 spiro atoms. The molecule has 0 aliphatic carbocycles. The first-order chi connectivity index (χ1) is 8.66. The summed E-state index contributed by atoms with van der Waals surface area (Å²) in [6.45, 7) is 3.41. The first-order valence-electron chi connectivity index (χ1n) is 6.24. The van der Waals surface area contributed by atoms with Gasteiger partial charge < -0.3 is 16.0 Å². The van der Waals surface area contributed by atoms with Crippen LogP contribution in [0.1, 0.15) is 19.8 Å². The van der Waals surface area contributed by atoms with E-state index in [9.17, 15) is 4.79 Å². The average Bonchev–Trinajstić information content (AvgIpc) is 2.40. The Morgan fingerprint density at radius 1 is 1.44 bits per heavy atom. The van der Waals surface area contributed by atoms with Gasteiger partial charge in [0.1, 0.15) is 0 Å². The van der Waals surface area contributed by atoms with Crippen molar-refractivity contribution in [2.24, 2.45) is 5.73 Å². The highest BCUT2D eigenvalue weighted by molar-refractivity contribution is 5.81. The van der Waals surface area contributed by atoms with E-state index < -0.39 is 6.04 Å². The van der Waals surface area contributed by atoms with Crippen LogP contribution in [0.2, 0.25) is 0 Å². The quantitative estimate of drug-likeness (QED) is 0.782. The van der Waals surface area contributed by atoms with Crippen molar-refractivity contribution >= 4 is 11.9 Å². The molecule has 1 aromatic rings. The molecule has 6 heteroatoms. The summed E-state index contributed by atoms with van der Waals surface area (Å²) in [6.07, 6.45) is 5.28. The third-order valence-electron chi connectivity index (χ3n) is 3.09.